The number of nitrogens with one attached hydrogen (secondary N) is 1. The number of aliphatic hydroxyl groups is 1. The van der Waals surface area contributed by atoms with Crippen LogP contribution < -0.4 is 5.32 Å². The van der Waals surface area contributed by atoms with Crippen molar-refractivity contribution in [2.75, 3.05) is 33.2 Å². The Hall–Kier alpha value is -0.650. The van der Waals surface area contributed by atoms with E-state index < -0.39 is 17.0 Å². The molecule has 2 rings (SSSR count). The Balaban J connectivity index is 2.23. The Labute approximate surface area is 82.7 Å². The number of hydrogen-bond acceptors (Lipinski definition) is 4. The number of likely N-dealkylation sites (N-methyl/N-ethyl adjacent to an activating group) is 1. The van der Waals surface area contributed by atoms with Gasteiger partial charge < -0.3 is 20.4 Å². The number of β-amino-alcohol motifs (C(OH)–C–C–N with tert-alkyl or cyclic N) is 1. The quantitative estimate of drug-likeness (QED) is 0.518. The zero-order valence-electron chi connectivity index (χ0n) is 8.29. The second-order valence-electron chi connectivity index (χ2n) is 4.51. The van der Waals surface area contributed by atoms with E-state index in [1.54, 1.807) is 0 Å². The molecule has 0 saturated carbocycles. The number of hydrogen-bond donors (Lipinski definition) is 3. The van der Waals surface area contributed by atoms with Gasteiger partial charge in [-0.05, 0) is 13.5 Å². The zero-order valence-corrected chi connectivity index (χ0v) is 8.29. The number of rotatable bonds is 2. The van der Waals surface area contributed by atoms with E-state index in [1.807, 2.05) is 11.9 Å². The van der Waals surface area contributed by atoms with Gasteiger partial charge in [-0.15, -0.1) is 0 Å². The van der Waals surface area contributed by atoms with Crippen molar-refractivity contribution in [1.82, 2.24) is 10.2 Å². The summed E-state index contributed by atoms with van der Waals surface area (Å²) in [5.41, 5.74) is -2.02. The standard InChI is InChI=1S/C9H16N2O3/c1-11-3-2-9(14,6-11)8(7(12)13)4-10-5-8/h10,14H,2-6H2,1H3,(H,12,13). The van der Waals surface area contributed by atoms with Crippen LogP contribution in [0.25, 0.3) is 0 Å². The maximum Gasteiger partial charge on any atom is 0.315 e. The molecule has 2 saturated heterocycles. The van der Waals surface area contributed by atoms with Crippen molar-refractivity contribution < 1.29 is 15.0 Å². The second kappa shape index (κ2) is 2.92. The fourth-order valence-electron chi connectivity index (χ4n) is 2.43. The number of carboxylic acids is 1. The third-order valence-electron chi connectivity index (χ3n) is 3.59. The van der Waals surface area contributed by atoms with Crippen LogP contribution in [0.3, 0.4) is 0 Å². The molecule has 1 atom stereocenters. The van der Waals surface area contributed by atoms with Crippen molar-refractivity contribution in [2.24, 2.45) is 5.41 Å². The smallest absolute Gasteiger partial charge is 0.315 e. The highest BCUT2D eigenvalue weighted by atomic mass is 16.4. The van der Waals surface area contributed by atoms with Gasteiger partial charge in [-0.25, -0.2) is 0 Å². The van der Waals surface area contributed by atoms with Gasteiger partial charge in [-0.3, -0.25) is 4.79 Å². The molecular weight excluding hydrogens is 184 g/mol. The topological polar surface area (TPSA) is 72.8 Å². The Morgan fingerprint density at radius 3 is 2.43 bits per heavy atom. The van der Waals surface area contributed by atoms with Crippen LogP contribution in [-0.2, 0) is 4.79 Å². The Morgan fingerprint density at radius 1 is 1.50 bits per heavy atom. The van der Waals surface area contributed by atoms with Gasteiger partial charge in [0.2, 0.25) is 0 Å². The molecule has 2 aliphatic heterocycles. The highest BCUT2D eigenvalue weighted by Crippen LogP contribution is 2.41. The lowest BCUT2D eigenvalue weighted by Crippen LogP contribution is -2.70. The van der Waals surface area contributed by atoms with Crippen molar-refractivity contribution in [3.8, 4) is 0 Å². The molecule has 0 bridgehead atoms. The van der Waals surface area contributed by atoms with Gasteiger partial charge in [0.05, 0.1) is 5.60 Å². The first-order chi connectivity index (χ1) is 6.50. The van der Waals surface area contributed by atoms with Gasteiger partial charge in [0.25, 0.3) is 0 Å². The average molecular weight is 200 g/mol. The van der Waals surface area contributed by atoms with E-state index in [1.165, 1.54) is 0 Å². The molecule has 0 aromatic carbocycles. The molecule has 0 amide bonds. The summed E-state index contributed by atoms with van der Waals surface area (Å²) in [7, 11) is 1.90. The van der Waals surface area contributed by atoms with Crippen molar-refractivity contribution in [3.63, 3.8) is 0 Å². The van der Waals surface area contributed by atoms with Gasteiger partial charge in [-0.2, -0.15) is 0 Å². The van der Waals surface area contributed by atoms with Gasteiger partial charge >= 0.3 is 5.97 Å². The molecule has 3 N–H and O–H groups in total. The molecule has 0 spiro atoms. The van der Waals surface area contributed by atoms with E-state index in [2.05, 4.69) is 5.32 Å². The summed E-state index contributed by atoms with van der Waals surface area (Å²) in [6.45, 7) is 1.99. The monoisotopic (exact) mass is 200 g/mol. The van der Waals surface area contributed by atoms with E-state index in [0.29, 0.717) is 26.1 Å². The fraction of sp³-hybridized carbons (Fsp3) is 0.889. The van der Waals surface area contributed by atoms with Crippen molar-refractivity contribution >= 4 is 5.97 Å². The van der Waals surface area contributed by atoms with E-state index in [4.69, 9.17) is 0 Å². The predicted octanol–water partition coefficient (Wildman–Crippen LogP) is -1.27. The van der Waals surface area contributed by atoms with E-state index >= 15 is 0 Å². The largest absolute Gasteiger partial charge is 0.481 e. The highest BCUT2D eigenvalue weighted by molar-refractivity contribution is 5.78. The lowest BCUT2D eigenvalue weighted by atomic mass is 9.67. The van der Waals surface area contributed by atoms with Crippen molar-refractivity contribution in [1.29, 1.82) is 0 Å². The zero-order chi connectivity index (χ0) is 10.4. The maximum absolute atomic E-state index is 11.2. The Bertz CT molecular complexity index is 265. The molecule has 5 heteroatoms. The molecular formula is C9H16N2O3. The first-order valence-electron chi connectivity index (χ1n) is 4.85. The molecule has 14 heavy (non-hydrogen) atoms. The molecule has 5 nitrogen and oxygen atoms in total. The van der Waals surface area contributed by atoms with Gasteiger partial charge in [-0.1, -0.05) is 0 Å². The molecule has 2 heterocycles. The van der Waals surface area contributed by atoms with Crippen LogP contribution in [0.5, 0.6) is 0 Å². The Kier molecular flexibility index (Phi) is 2.06. The van der Waals surface area contributed by atoms with Crippen LogP contribution in [0.1, 0.15) is 6.42 Å². The number of nitrogens with zero attached hydrogens (tertiary/aromatic N) is 1. The van der Waals surface area contributed by atoms with Gasteiger partial charge in [0.1, 0.15) is 5.41 Å². The second-order valence-corrected chi connectivity index (χ2v) is 4.51. The molecule has 0 radical (unpaired) electrons. The molecule has 2 aliphatic rings. The van der Waals surface area contributed by atoms with E-state index in [9.17, 15) is 15.0 Å². The van der Waals surface area contributed by atoms with Crippen molar-refractivity contribution in [2.45, 2.75) is 12.0 Å². The first kappa shape index (κ1) is 9.89. The summed E-state index contributed by atoms with van der Waals surface area (Å²) >= 11 is 0. The molecule has 80 valence electrons. The summed E-state index contributed by atoms with van der Waals surface area (Å²) in [5, 5.41) is 22.5. The molecule has 1 unspecified atom stereocenters. The lowest BCUT2D eigenvalue weighted by Gasteiger charge is -2.48. The summed E-state index contributed by atoms with van der Waals surface area (Å²) in [6, 6.07) is 0. The number of carboxylic acid groups (broad SMARTS) is 1. The molecule has 2 fully saturated rings. The molecule has 0 aromatic rings. The summed E-state index contributed by atoms with van der Waals surface area (Å²) in [6.07, 6.45) is 0.553. The average Bonchev–Trinajstić information content (AvgIpc) is 2.27. The number of aliphatic carboxylic acids is 1. The number of likely N-dealkylation sites (tertiary alicyclic amines) is 1. The van der Waals surface area contributed by atoms with Crippen LogP contribution in [-0.4, -0.2) is 59.9 Å². The van der Waals surface area contributed by atoms with E-state index in [0.717, 1.165) is 6.54 Å². The van der Waals surface area contributed by atoms with Crippen LogP contribution in [0.2, 0.25) is 0 Å². The van der Waals surface area contributed by atoms with Gasteiger partial charge in [0, 0.05) is 26.2 Å². The first-order valence-corrected chi connectivity index (χ1v) is 4.85. The maximum atomic E-state index is 11.2. The van der Waals surface area contributed by atoms with Crippen LogP contribution in [0.15, 0.2) is 0 Å². The fourth-order valence-corrected chi connectivity index (χ4v) is 2.43. The van der Waals surface area contributed by atoms with Crippen molar-refractivity contribution in [3.05, 3.63) is 0 Å². The minimum absolute atomic E-state index is 0.382. The Morgan fingerprint density at radius 2 is 2.14 bits per heavy atom. The number of carbonyl (C=O) groups is 1. The normalized spacial score (nSPS) is 36.7. The minimum Gasteiger partial charge on any atom is -0.481 e. The van der Waals surface area contributed by atoms with Crippen LogP contribution in [0.4, 0.5) is 0 Å². The third-order valence-corrected chi connectivity index (χ3v) is 3.59. The SMILES string of the molecule is CN1CCC(O)(C2(C(=O)O)CNC2)C1. The predicted molar refractivity (Wildman–Crippen MR) is 50.0 cm³/mol. The van der Waals surface area contributed by atoms with Crippen LogP contribution >= 0.6 is 0 Å². The lowest BCUT2D eigenvalue weighted by molar-refractivity contribution is -0.176. The highest BCUT2D eigenvalue weighted by Gasteiger charge is 2.61. The van der Waals surface area contributed by atoms with E-state index in [-0.39, 0.29) is 0 Å². The minimum atomic E-state index is -1.06. The third kappa shape index (κ3) is 1.09. The molecule has 0 aliphatic carbocycles. The molecule has 0 aromatic heterocycles. The summed E-state index contributed by atoms with van der Waals surface area (Å²) < 4.78 is 0. The summed E-state index contributed by atoms with van der Waals surface area (Å²) in [4.78, 5) is 13.2. The summed E-state index contributed by atoms with van der Waals surface area (Å²) in [5.74, 6) is -0.881. The van der Waals surface area contributed by atoms with Gasteiger partial charge in [0.15, 0.2) is 0 Å². The van der Waals surface area contributed by atoms with Crippen LogP contribution in [0, 0.1) is 5.41 Å².